The van der Waals surface area contributed by atoms with Gasteiger partial charge in [0.05, 0.1) is 6.61 Å². The first-order valence-electron chi connectivity index (χ1n) is 7.01. The molecule has 0 radical (unpaired) electrons. The van der Waals surface area contributed by atoms with Gasteiger partial charge in [0.2, 0.25) is 0 Å². The number of halogens is 1. The Bertz CT molecular complexity index is 652. The summed E-state index contributed by atoms with van der Waals surface area (Å²) in [6, 6.07) is 11.7. The zero-order valence-corrected chi connectivity index (χ0v) is 11.6. The van der Waals surface area contributed by atoms with Crippen LogP contribution in [0.2, 0.25) is 0 Å². The number of carbonyl (C=O) groups excluding carboxylic acids is 1. The van der Waals surface area contributed by atoms with Gasteiger partial charge in [-0.15, -0.1) is 0 Å². The van der Waals surface area contributed by atoms with E-state index >= 15 is 0 Å². The zero-order valence-electron chi connectivity index (χ0n) is 11.6. The molecular weight excluding hydrogens is 269 g/mol. The number of benzene rings is 2. The van der Waals surface area contributed by atoms with Crippen LogP contribution in [-0.4, -0.2) is 19.1 Å². The topological polar surface area (TPSA) is 38.3 Å². The molecular formula is C17H16FNO2. The quantitative estimate of drug-likeness (QED) is 0.938. The summed E-state index contributed by atoms with van der Waals surface area (Å²) < 4.78 is 18.3. The molecule has 3 nitrogen and oxygen atoms in total. The lowest BCUT2D eigenvalue weighted by Gasteiger charge is -2.07. The fraction of sp³-hybridized carbons (Fsp3) is 0.235. The second-order valence-corrected chi connectivity index (χ2v) is 5.05. The highest BCUT2D eigenvalue weighted by molar-refractivity contribution is 5.94. The summed E-state index contributed by atoms with van der Waals surface area (Å²) in [5.74, 6) is 0.445. The average Bonchev–Trinajstić information content (AvgIpc) is 2.95. The third-order valence-corrected chi connectivity index (χ3v) is 3.56. The molecule has 0 aliphatic carbocycles. The van der Waals surface area contributed by atoms with Gasteiger partial charge in [-0.3, -0.25) is 4.79 Å². The van der Waals surface area contributed by atoms with E-state index in [1.165, 1.54) is 35.4 Å². The van der Waals surface area contributed by atoms with Gasteiger partial charge in [-0.2, -0.15) is 0 Å². The zero-order chi connectivity index (χ0) is 14.7. The van der Waals surface area contributed by atoms with Crippen molar-refractivity contribution in [2.75, 3.05) is 13.2 Å². The molecule has 2 aromatic rings. The number of hydrogen-bond acceptors (Lipinski definition) is 2. The summed E-state index contributed by atoms with van der Waals surface area (Å²) >= 11 is 0. The molecule has 0 bridgehead atoms. The van der Waals surface area contributed by atoms with Crippen LogP contribution in [0.15, 0.2) is 42.5 Å². The van der Waals surface area contributed by atoms with Crippen molar-refractivity contribution in [1.29, 1.82) is 0 Å². The van der Waals surface area contributed by atoms with E-state index in [9.17, 15) is 9.18 Å². The Balaban J connectivity index is 1.54. The molecule has 21 heavy (non-hydrogen) atoms. The first-order valence-corrected chi connectivity index (χ1v) is 7.01. The third-order valence-electron chi connectivity index (χ3n) is 3.56. The molecule has 0 aromatic heterocycles. The smallest absolute Gasteiger partial charge is 0.251 e. The molecule has 0 saturated heterocycles. The number of nitrogens with one attached hydrogen (secondary N) is 1. The van der Waals surface area contributed by atoms with E-state index in [0.717, 1.165) is 25.2 Å². The fourth-order valence-electron chi connectivity index (χ4n) is 2.42. The third kappa shape index (κ3) is 3.21. The molecule has 0 saturated carbocycles. The molecule has 1 aliphatic heterocycles. The van der Waals surface area contributed by atoms with Gasteiger partial charge < -0.3 is 10.1 Å². The Morgan fingerprint density at radius 3 is 2.81 bits per heavy atom. The van der Waals surface area contributed by atoms with Crippen molar-refractivity contribution in [2.45, 2.75) is 12.8 Å². The highest BCUT2D eigenvalue weighted by Gasteiger charge is 2.12. The lowest BCUT2D eigenvalue weighted by molar-refractivity contribution is 0.0954. The van der Waals surface area contributed by atoms with Crippen molar-refractivity contribution in [3.63, 3.8) is 0 Å². The number of carbonyl (C=O) groups is 1. The molecule has 0 unspecified atom stereocenters. The molecule has 0 fully saturated rings. The molecule has 0 atom stereocenters. The van der Waals surface area contributed by atoms with Gasteiger partial charge in [0, 0.05) is 18.5 Å². The minimum Gasteiger partial charge on any atom is -0.493 e. The maximum absolute atomic E-state index is 12.8. The van der Waals surface area contributed by atoms with E-state index < -0.39 is 0 Å². The van der Waals surface area contributed by atoms with E-state index in [2.05, 4.69) is 11.4 Å². The second kappa shape index (κ2) is 5.95. The summed E-state index contributed by atoms with van der Waals surface area (Å²) in [4.78, 5) is 11.9. The Morgan fingerprint density at radius 2 is 2.00 bits per heavy atom. The van der Waals surface area contributed by atoms with Crippen LogP contribution in [-0.2, 0) is 12.8 Å². The molecule has 1 amide bonds. The van der Waals surface area contributed by atoms with E-state index in [1.54, 1.807) is 0 Å². The van der Waals surface area contributed by atoms with Crippen molar-refractivity contribution in [3.8, 4) is 5.75 Å². The van der Waals surface area contributed by atoms with Crippen molar-refractivity contribution < 1.29 is 13.9 Å². The SMILES string of the molecule is O=C(NCCc1ccc2c(c1)CCO2)c1ccc(F)cc1. The van der Waals surface area contributed by atoms with Crippen molar-refractivity contribution in [3.05, 3.63) is 65.0 Å². The van der Waals surface area contributed by atoms with E-state index in [0.29, 0.717) is 12.1 Å². The molecule has 1 heterocycles. The molecule has 2 aromatic carbocycles. The summed E-state index contributed by atoms with van der Waals surface area (Å²) in [6.07, 6.45) is 1.71. The molecule has 3 rings (SSSR count). The first-order chi connectivity index (χ1) is 10.2. The van der Waals surface area contributed by atoms with Crippen LogP contribution in [0, 0.1) is 5.82 Å². The van der Waals surface area contributed by atoms with Crippen LogP contribution in [0.4, 0.5) is 4.39 Å². The molecule has 1 N–H and O–H groups in total. The lowest BCUT2D eigenvalue weighted by Crippen LogP contribution is -2.25. The average molecular weight is 285 g/mol. The van der Waals surface area contributed by atoms with Crippen LogP contribution < -0.4 is 10.1 Å². The van der Waals surface area contributed by atoms with Gasteiger partial charge in [-0.1, -0.05) is 12.1 Å². The Morgan fingerprint density at radius 1 is 1.19 bits per heavy atom. The van der Waals surface area contributed by atoms with Gasteiger partial charge in [0.25, 0.3) is 5.91 Å². The number of hydrogen-bond donors (Lipinski definition) is 1. The minimum atomic E-state index is -0.341. The lowest BCUT2D eigenvalue weighted by atomic mass is 10.1. The molecule has 108 valence electrons. The van der Waals surface area contributed by atoms with Crippen LogP contribution >= 0.6 is 0 Å². The van der Waals surface area contributed by atoms with Gasteiger partial charge in [-0.25, -0.2) is 4.39 Å². The summed E-state index contributed by atoms with van der Waals surface area (Å²) in [5, 5.41) is 2.84. The monoisotopic (exact) mass is 285 g/mol. The summed E-state index contributed by atoms with van der Waals surface area (Å²) in [5.41, 5.74) is 2.88. The minimum absolute atomic E-state index is 0.181. The van der Waals surface area contributed by atoms with Gasteiger partial charge in [-0.05, 0) is 47.9 Å². The number of fused-ring (bicyclic) bond motifs is 1. The molecule has 4 heteroatoms. The standard InChI is InChI=1S/C17H16FNO2/c18-15-4-2-13(3-5-15)17(20)19-9-7-12-1-6-16-14(11-12)8-10-21-16/h1-6,11H,7-10H2,(H,19,20). The van der Waals surface area contributed by atoms with Crippen molar-refractivity contribution in [1.82, 2.24) is 5.32 Å². The Hall–Kier alpha value is -2.36. The van der Waals surface area contributed by atoms with E-state index in [-0.39, 0.29) is 11.7 Å². The number of amides is 1. The predicted molar refractivity (Wildman–Crippen MR) is 78.1 cm³/mol. The Kier molecular flexibility index (Phi) is 3.86. The van der Waals surface area contributed by atoms with Gasteiger partial charge >= 0.3 is 0 Å². The first kappa shape index (κ1) is 13.6. The largest absolute Gasteiger partial charge is 0.493 e. The molecule has 0 spiro atoms. The van der Waals surface area contributed by atoms with Crippen LogP contribution in [0.1, 0.15) is 21.5 Å². The normalized spacial score (nSPS) is 12.6. The highest BCUT2D eigenvalue weighted by Crippen LogP contribution is 2.25. The highest BCUT2D eigenvalue weighted by atomic mass is 19.1. The van der Waals surface area contributed by atoms with Crippen molar-refractivity contribution >= 4 is 5.91 Å². The number of rotatable bonds is 4. The van der Waals surface area contributed by atoms with Crippen LogP contribution in [0.3, 0.4) is 0 Å². The van der Waals surface area contributed by atoms with Crippen LogP contribution in [0.5, 0.6) is 5.75 Å². The van der Waals surface area contributed by atoms with Crippen molar-refractivity contribution in [2.24, 2.45) is 0 Å². The fourth-order valence-corrected chi connectivity index (χ4v) is 2.42. The van der Waals surface area contributed by atoms with E-state index in [1.807, 2.05) is 12.1 Å². The summed E-state index contributed by atoms with van der Waals surface area (Å²) in [6.45, 7) is 1.30. The van der Waals surface area contributed by atoms with Crippen LogP contribution in [0.25, 0.3) is 0 Å². The predicted octanol–water partition coefficient (Wildman–Crippen LogP) is 2.73. The van der Waals surface area contributed by atoms with Gasteiger partial charge in [0.15, 0.2) is 0 Å². The molecule has 1 aliphatic rings. The van der Waals surface area contributed by atoms with Gasteiger partial charge in [0.1, 0.15) is 11.6 Å². The maximum atomic E-state index is 12.8. The summed E-state index contributed by atoms with van der Waals surface area (Å²) in [7, 11) is 0. The maximum Gasteiger partial charge on any atom is 0.251 e. The Labute approximate surface area is 122 Å². The van der Waals surface area contributed by atoms with E-state index in [4.69, 9.17) is 4.74 Å². The second-order valence-electron chi connectivity index (χ2n) is 5.05. The number of ether oxygens (including phenoxy) is 1.